The second-order valence-electron chi connectivity index (χ2n) is 10.4. The molecule has 14 heteroatoms. The second kappa shape index (κ2) is 9.39. The number of carboxylic acid groups (broad SMARTS) is 1. The molecule has 5 unspecified atom stereocenters. The summed E-state index contributed by atoms with van der Waals surface area (Å²) in [6, 6.07) is -2.41. The van der Waals surface area contributed by atoms with Crippen molar-refractivity contribution in [2.75, 3.05) is 6.54 Å². The Hall–Kier alpha value is -2.71. The van der Waals surface area contributed by atoms with Crippen molar-refractivity contribution < 1.29 is 42.8 Å². The van der Waals surface area contributed by atoms with Gasteiger partial charge in [-0.1, -0.05) is 26.8 Å². The summed E-state index contributed by atoms with van der Waals surface area (Å²) < 4.78 is 26.6. The fraction of sp³-hybridized carbons (Fsp3) is 0.714. The maximum atomic E-state index is 13.3. The molecule has 2 aliphatic carbocycles. The molecule has 35 heavy (non-hydrogen) atoms. The molecular formula is C21H32N4O9S. The third-order valence-corrected chi connectivity index (χ3v) is 8.45. The molecule has 3 rings (SSSR count). The van der Waals surface area contributed by atoms with E-state index < -0.39 is 74.1 Å². The van der Waals surface area contributed by atoms with Crippen molar-refractivity contribution in [3.05, 3.63) is 12.7 Å². The van der Waals surface area contributed by atoms with Gasteiger partial charge in [0.25, 0.3) is 5.91 Å². The molecular weight excluding hydrogens is 484 g/mol. The van der Waals surface area contributed by atoms with Gasteiger partial charge >= 0.3 is 6.09 Å². The smallest absolute Gasteiger partial charge is 0.405 e. The lowest BCUT2D eigenvalue weighted by molar-refractivity contribution is -0.274. The van der Waals surface area contributed by atoms with Gasteiger partial charge in [0.1, 0.15) is 23.7 Å². The maximum Gasteiger partial charge on any atom is 0.405 e. The van der Waals surface area contributed by atoms with E-state index in [0.717, 1.165) is 4.90 Å². The number of amides is 4. The van der Waals surface area contributed by atoms with E-state index in [0.29, 0.717) is 12.8 Å². The number of carbonyl (C=O) groups excluding carboxylic acids is 3. The van der Waals surface area contributed by atoms with E-state index in [4.69, 9.17) is 0 Å². The quantitative estimate of drug-likeness (QED) is 0.157. The average Bonchev–Trinajstić information content (AvgIpc) is 3.67. The number of hydrogen-bond acceptors (Lipinski definition) is 8. The molecule has 0 aromatic heterocycles. The van der Waals surface area contributed by atoms with Crippen molar-refractivity contribution in [1.82, 2.24) is 20.3 Å². The topological polar surface area (TPSA) is 191 Å². The van der Waals surface area contributed by atoms with Crippen LogP contribution >= 0.6 is 0 Å². The molecule has 1 aliphatic heterocycles. The summed E-state index contributed by atoms with van der Waals surface area (Å²) >= 11 is 0. The molecule has 5 atom stereocenters. The van der Waals surface area contributed by atoms with Gasteiger partial charge < -0.3 is 20.6 Å². The molecule has 0 spiro atoms. The number of likely N-dealkylation sites (tertiary alicyclic amines) is 1. The van der Waals surface area contributed by atoms with Crippen LogP contribution in [0.1, 0.15) is 46.5 Å². The normalized spacial score (nSPS) is 29.1. The zero-order valence-electron chi connectivity index (χ0n) is 19.8. The molecule has 1 heterocycles. The molecule has 0 bridgehead atoms. The van der Waals surface area contributed by atoms with Crippen molar-refractivity contribution in [3.8, 4) is 0 Å². The van der Waals surface area contributed by atoms with Crippen LogP contribution in [-0.4, -0.2) is 83.0 Å². The number of nitrogens with one attached hydrogen (secondary N) is 3. The molecule has 2 saturated carbocycles. The van der Waals surface area contributed by atoms with E-state index in [1.54, 1.807) is 20.8 Å². The highest BCUT2D eigenvalue weighted by atomic mass is 32.2. The van der Waals surface area contributed by atoms with Crippen LogP contribution in [0.3, 0.4) is 0 Å². The maximum absolute atomic E-state index is 13.3. The summed E-state index contributed by atoms with van der Waals surface area (Å²) in [5.74, 6) is -2.87. The van der Waals surface area contributed by atoms with Crippen molar-refractivity contribution in [1.29, 1.82) is 0 Å². The van der Waals surface area contributed by atoms with E-state index in [1.165, 1.54) is 6.08 Å². The zero-order valence-corrected chi connectivity index (χ0v) is 20.6. The minimum atomic E-state index is -3.86. The predicted molar refractivity (Wildman–Crippen MR) is 121 cm³/mol. The van der Waals surface area contributed by atoms with Crippen LogP contribution in [0.4, 0.5) is 4.79 Å². The first kappa shape index (κ1) is 26.9. The zero-order chi connectivity index (χ0) is 26.3. The van der Waals surface area contributed by atoms with E-state index in [1.807, 2.05) is 4.72 Å². The largest absolute Gasteiger partial charge is 0.465 e. The molecule has 5 N–H and O–H groups in total. The Labute approximate surface area is 203 Å². The molecule has 3 fully saturated rings. The number of rotatable bonds is 9. The Bertz CT molecular complexity index is 1020. The standard InChI is InChI=1S/C21H32N4O9S/c1-5-11-9-21(11,18(28)24-35(32,33)13-6-7-13)23-16(26)14-8-12(34-31)10-25(14)17(27)15(20(2,3)4)22-19(29)30/h5,11-15,22,31H,1,6-10H2,2-4H3,(H,23,26)(H,24,28)(H,29,30). The van der Waals surface area contributed by atoms with Gasteiger partial charge in [0.15, 0.2) is 0 Å². The van der Waals surface area contributed by atoms with Gasteiger partial charge in [-0.2, -0.15) is 0 Å². The number of nitrogens with zero attached hydrogens (tertiary/aromatic N) is 1. The summed E-state index contributed by atoms with van der Waals surface area (Å²) in [5.41, 5.74) is -2.40. The van der Waals surface area contributed by atoms with Gasteiger partial charge in [0.2, 0.25) is 21.8 Å². The molecule has 0 aromatic carbocycles. The second-order valence-corrected chi connectivity index (χ2v) is 12.4. The van der Waals surface area contributed by atoms with Crippen molar-refractivity contribution in [2.45, 2.75) is 75.4 Å². The lowest BCUT2D eigenvalue weighted by Crippen LogP contribution is -2.60. The number of carbonyl (C=O) groups is 4. The predicted octanol–water partition coefficient (Wildman–Crippen LogP) is -0.203. The Morgan fingerprint density at radius 3 is 2.31 bits per heavy atom. The summed E-state index contributed by atoms with van der Waals surface area (Å²) in [7, 11) is -3.86. The Morgan fingerprint density at radius 2 is 1.86 bits per heavy atom. The highest BCUT2D eigenvalue weighted by molar-refractivity contribution is 7.91. The van der Waals surface area contributed by atoms with E-state index >= 15 is 0 Å². The minimum absolute atomic E-state index is 0.116. The lowest BCUT2D eigenvalue weighted by Gasteiger charge is -2.35. The third kappa shape index (κ3) is 5.59. The van der Waals surface area contributed by atoms with E-state index in [9.17, 15) is 38.0 Å². The summed E-state index contributed by atoms with van der Waals surface area (Å²) in [4.78, 5) is 56.3. The van der Waals surface area contributed by atoms with Crippen LogP contribution in [-0.2, 0) is 29.3 Å². The molecule has 4 amide bonds. The first-order valence-corrected chi connectivity index (χ1v) is 12.8. The molecule has 196 valence electrons. The molecule has 13 nitrogen and oxygen atoms in total. The van der Waals surface area contributed by atoms with Gasteiger partial charge in [0.05, 0.1) is 11.8 Å². The van der Waals surface area contributed by atoms with E-state index in [-0.39, 0.29) is 19.4 Å². The van der Waals surface area contributed by atoms with Crippen LogP contribution in [0, 0.1) is 11.3 Å². The molecule has 0 aromatic rings. The lowest BCUT2D eigenvalue weighted by atomic mass is 9.85. The van der Waals surface area contributed by atoms with Gasteiger partial charge in [-0.3, -0.25) is 24.4 Å². The van der Waals surface area contributed by atoms with Crippen LogP contribution in [0.2, 0.25) is 0 Å². The average molecular weight is 517 g/mol. The van der Waals surface area contributed by atoms with Gasteiger partial charge in [-0.25, -0.2) is 18.1 Å². The fourth-order valence-electron chi connectivity index (χ4n) is 4.32. The Kier molecular flexibility index (Phi) is 7.21. The highest BCUT2D eigenvalue weighted by Gasteiger charge is 2.62. The third-order valence-electron chi connectivity index (χ3n) is 6.63. The van der Waals surface area contributed by atoms with Crippen LogP contribution < -0.4 is 15.4 Å². The Morgan fingerprint density at radius 1 is 1.23 bits per heavy atom. The van der Waals surface area contributed by atoms with Gasteiger partial charge in [-0.05, 0) is 24.7 Å². The van der Waals surface area contributed by atoms with Crippen LogP contribution in [0.15, 0.2) is 12.7 Å². The first-order valence-electron chi connectivity index (χ1n) is 11.3. The van der Waals surface area contributed by atoms with Crippen molar-refractivity contribution >= 4 is 33.8 Å². The molecule has 3 aliphatic rings. The Balaban J connectivity index is 1.82. The van der Waals surface area contributed by atoms with Crippen molar-refractivity contribution in [2.24, 2.45) is 11.3 Å². The monoisotopic (exact) mass is 516 g/mol. The SMILES string of the molecule is C=CC1CC1(NC(=O)C1CC(OO)CN1C(=O)C(NC(=O)O)C(C)(C)C)C(=O)NS(=O)(=O)C1CC1. The van der Waals surface area contributed by atoms with Crippen molar-refractivity contribution in [3.63, 3.8) is 0 Å². The first-order chi connectivity index (χ1) is 16.2. The highest BCUT2D eigenvalue weighted by Crippen LogP contribution is 2.45. The van der Waals surface area contributed by atoms with E-state index in [2.05, 4.69) is 22.1 Å². The van der Waals surface area contributed by atoms with Gasteiger partial charge in [-0.15, -0.1) is 6.58 Å². The summed E-state index contributed by atoms with van der Waals surface area (Å²) in [5, 5.41) is 22.5. The van der Waals surface area contributed by atoms with Crippen LogP contribution in [0.25, 0.3) is 0 Å². The van der Waals surface area contributed by atoms with Crippen LogP contribution in [0.5, 0.6) is 0 Å². The minimum Gasteiger partial charge on any atom is -0.465 e. The summed E-state index contributed by atoms with van der Waals surface area (Å²) in [6.07, 6.45) is 0.00595. The van der Waals surface area contributed by atoms with Gasteiger partial charge in [0, 0.05) is 12.3 Å². The fourth-order valence-corrected chi connectivity index (χ4v) is 5.69. The number of hydrogen-bond donors (Lipinski definition) is 5. The summed E-state index contributed by atoms with van der Waals surface area (Å²) in [6.45, 7) is 8.38. The molecule has 0 radical (unpaired) electrons. The number of sulfonamides is 1. The molecule has 1 saturated heterocycles.